The first-order valence-electron chi connectivity index (χ1n) is 9.78. The Labute approximate surface area is 176 Å². The summed E-state index contributed by atoms with van der Waals surface area (Å²) in [5, 5.41) is 6.32. The fourth-order valence-electron chi connectivity index (χ4n) is 3.13. The van der Waals surface area contributed by atoms with Crippen LogP contribution in [0.15, 0.2) is 36.5 Å². The average Bonchev–Trinajstić information content (AvgIpc) is 3.07. The van der Waals surface area contributed by atoms with E-state index in [-0.39, 0.29) is 11.4 Å². The van der Waals surface area contributed by atoms with Gasteiger partial charge in [-0.25, -0.2) is 4.98 Å². The Morgan fingerprint density at radius 2 is 1.87 bits per heavy atom. The molecule has 4 N–H and O–H groups in total. The van der Waals surface area contributed by atoms with Crippen molar-refractivity contribution in [2.75, 3.05) is 32.6 Å². The predicted molar refractivity (Wildman–Crippen MR) is 118 cm³/mol. The number of fused-ring (bicyclic) bond motifs is 1. The van der Waals surface area contributed by atoms with E-state index in [1.165, 1.54) is 0 Å². The molecule has 1 aromatic carbocycles. The lowest BCUT2D eigenvalue weighted by molar-refractivity contribution is 0.0954. The van der Waals surface area contributed by atoms with Crippen molar-refractivity contribution < 1.29 is 14.3 Å². The SMILES string of the molecule is COc1ccc(-c2nc3cc(C(=O)NCCN)ccn3c2NC(C)(C)C)cc1OC. The zero-order valence-electron chi connectivity index (χ0n) is 18.1. The highest BCUT2D eigenvalue weighted by Gasteiger charge is 2.21. The van der Waals surface area contributed by atoms with Crippen molar-refractivity contribution in [3.8, 4) is 22.8 Å². The summed E-state index contributed by atoms with van der Waals surface area (Å²) in [5.74, 6) is 1.92. The van der Waals surface area contributed by atoms with E-state index in [1.807, 2.05) is 28.8 Å². The second kappa shape index (κ2) is 8.62. The van der Waals surface area contributed by atoms with E-state index < -0.39 is 0 Å². The van der Waals surface area contributed by atoms with Crippen molar-refractivity contribution in [2.45, 2.75) is 26.3 Å². The topological polar surface area (TPSA) is 103 Å². The Bertz CT molecular complexity index is 1050. The summed E-state index contributed by atoms with van der Waals surface area (Å²) in [6.45, 7) is 7.06. The van der Waals surface area contributed by atoms with Crippen molar-refractivity contribution in [3.05, 3.63) is 42.1 Å². The van der Waals surface area contributed by atoms with Gasteiger partial charge in [-0.05, 0) is 51.1 Å². The maximum Gasteiger partial charge on any atom is 0.251 e. The predicted octanol–water partition coefficient (Wildman–Crippen LogP) is 2.92. The number of rotatable bonds is 7. The largest absolute Gasteiger partial charge is 0.493 e. The fraction of sp³-hybridized carbons (Fsp3) is 0.364. The van der Waals surface area contributed by atoms with Crippen LogP contribution in [-0.4, -0.2) is 48.1 Å². The molecule has 3 aromatic rings. The molecule has 0 atom stereocenters. The van der Waals surface area contributed by atoms with E-state index in [2.05, 4.69) is 31.4 Å². The first-order chi connectivity index (χ1) is 14.3. The minimum Gasteiger partial charge on any atom is -0.493 e. The van der Waals surface area contributed by atoms with Gasteiger partial charge in [-0.15, -0.1) is 0 Å². The Morgan fingerprint density at radius 3 is 2.50 bits per heavy atom. The van der Waals surface area contributed by atoms with Crippen LogP contribution < -0.4 is 25.8 Å². The van der Waals surface area contributed by atoms with E-state index in [0.717, 1.165) is 17.1 Å². The van der Waals surface area contributed by atoms with Gasteiger partial charge in [0.15, 0.2) is 11.5 Å². The number of anilines is 1. The van der Waals surface area contributed by atoms with Gasteiger partial charge in [0.25, 0.3) is 5.91 Å². The van der Waals surface area contributed by atoms with Crippen molar-refractivity contribution in [1.29, 1.82) is 0 Å². The molecular formula is C22H29N5O3. The van der Waals surface area contributed by atoms with Crippen LogP contribution >= 0.6 is 0 Å². The Morgan fingerprint density at radius 1 is 1.13 bits per heavy atom. The molecule has 0 saturated heterocycles. The number of ether oxygens (including phenoxy) is 2. The van der Waals surface area contributed by atoms with Crippen molar-refractivity contribution in [3.63, 3.8) is 0 Å². The number of hydrogen-bond acceptors (Lipinski definition) is 6. The van der Waals surface area contributed by atoms with Gasteiger partial charge < -0.3 is 25.8 Å². The Balaban J connectivity index is 2.14. The number of benzene rings is 1. The molecule has 0 saturated carbocycles. The van der Waals surface area contributed by atoms with Crippen LogP contribution in [-0.2, 0) is 0 Å². The molecule has 1 amide bonds. The van der Waals surface area contributed by atoms with Gasteiger partial charge in [-0.1, -0.05) is 0 Å². The Kier molecular flexibility index (Phi) is 6.17. The first kappa shape index (κ1) is 21.4. The van der Waals surface area contributed by atoms with E-state index in [4.69, 9.17) is 20.2 Å². The number of pyridine rings is 1. The maximum absolute atomic E-state index is 12.3. The summed E-state index contributed by atoms with van der Waals surface area (Å²) < 4.78 is 12.8. The summed E-state index contributed by atoms with van der Waals surface area (Å²) in [7, 11) is 3.21. The van der Waals surface area contributed by atoms with Crippen LogP contribution in [0.2, 0.25) is 0 Å². The summed E-state index contributed by atoms with van der Waals surface area (Å²) in [4.78, 5) is 17.2. The second-order valence-corrected chi connectivity index (χ2v) is 7.94. The molecular weight excluding hydrogens is 382 g/mol. The van der Waals surface area contributed by atoms with E-state index in [1.54, 1.807) is 26.4 Å². The standard InChI is InChI=1S/C22H29N5O3/c1-22(2,3)26-20-19(14-6-7-16(29-4)17(12-14)30-5)25-18-13-15(8-11-27(18)20)21(28)24-10-9-23/h6-8,11-13,26H,9-10,23H2,1-5H3,(H,24,28). The van der Waals surface area contributed by atoms with E-state index in [0.29, 0.717) is 35.8 Å². The molecule has 2 aromatic heterocycles. The van der Waals surface area contributed by atoms with Crippen LogP contribution in [0.1, 0.15) is 31.1 Å². The number of nitrogens with zero attached hydrogens (tertiary/aromatic N) is 2. The van der Waals surface area contributed by atoms with Gasteiger partial charge in [-0.3, -0.25) is 9.20 Å². The van der Waals surface area contributed by atoms with Crippen LogP contribution in [0.3, 0.4) is 0 Å². The molecule has 0 fully saturated rings. The van der Waals surface area contributed by atoms with Crippen LogP contribution in [0.4, 0.5) is 5.82 Å². The Hall–Kier alpha value is -3.26. The zero-order chi connectivity index (χ0) is 21.9. The number of carbonyl (C=O) groups is 1. The molecule has 0 aliphatic heterocycles. The molecule has 0 bridgehead atoms. The van der Waals surface area contributed by atoms with Gasteiger partial charge in [-0.2, -0.15) is 0 Å². The second-order valence-electron chi connectivity index (χ2n) is 7.94. The number of carbonyl (C=O) groups excluding carboxylic acids is 1. The molecule has 0 aliphatic rings. The number of nitrogens with two attached hydrogens (primary N) is 1. The number of imidazole rings is 1. The molecule has 0 radical (unpaired) electrons. The maximum atomic E-state index is 12.3. The molecule has 30 heavy (non-hydrogen) atoms. The molecule has 2 heterocycles. The van der Waals surface area contributed by atoms with Crippen molar-refractivity contribution in [1.82, 2.24) is 14.7 Å². The normalized spacial score (nSPS) is 11.4. The smallest absolute Gasteiger partial charge is 0.251 e. The fourth-order valence-corrected chi connectivity index (χ4v) is 3.13. The summed E-state index contributed by atoms with van der Waals surface area (Å²) >= 11 is 0. The summed E-state index contributed by atoms with van der Waals surface area (Å²) in [5.41, 5.74) is 8.10. The molecule has 0 spiro atoms. The number of amides is 1. The zero-order valence-corrected chi connectivity index (χ0v) is 18.1. The lowest BCUT2D eigenvalue weighted by Crippen LogP contribution is -2.29. The van der Waals surface area contributed by atoms with E-state index >= 15 is 0 Å². The quantitative estimate of drug-likeness (QED) is 0.552. The number of hydrogen-bond donors (Lipinski definition) is 3. The third-order valence-electron chi connectivity index (χ3n) is 4.47. The monoisotopic (exact) mass is 411 g/mol. The van der Waals surface area contributed by atoms with Crippen LogP contribution in [0.25, 0.3) is 16.9 Å². The van der Waals surface area contributed by atoms with E-state index in [9.17, 15) is 4.79 Å². The van der Waals surface area contributed by atoms with Gasteiger partial charge in [0, 0.05) is 36.0 Å². The summed E-state index contributed by atoms with van der Waals surface area (Å²) in [6.07, 6.45) is 1.85. The molecule has 0 unspecified atom stereocenters. The molecule has 8 nitrogen and oxygen atoms in total. The van der Waals surface area contributed by atoms with Crippen LogP contribution in [0, 0.1) is 0 Å². The molecule has 8 heteroatoms. The van der Waals surface area contributed by atoms with Gasteiger partial charge in [0.05, 0.1) is 14.2 Å². The molecule has 0 aliphatic carbocycles. The third kappa shape index (κ3) is 4.49. The highest BCUT2D eigenvalue weighted by molar-refractivity contribution is 5.95. The van der Waals surface area contributed by atoms with Crippen molar-refractivity contribution >= 4 is 17.4 Å². The minimum absolute atomic E-state index is 0.177. The average molecular weight is 412 g/mol. The molecule has 3 rings (SSSR count). The number of aromatic nitrogens is 2. The lowest BCUT2D eigenvalue weighted by atomic mass is 10.1. The minimum atomic E-state index is -0.196. The van der Waals surface area contributed by atoms with Crippen LogP contribution in [0.5, 0.6) is 11.5 Å². The van der Waals surface area contributed by atoms with Gasteiger partial charge >= 0.3 is 0 Å². The van der Waals surface area contributed by atoms with Gasteiger partial charge in [0.1, 0.15) is 17.2 Å². The van der Waals surface area contributed by atoms with Crippen molar-refractivity contribution in [2.24, 2.45) is 5.73 Å². The lowest BCUT2D eigenvalue weighted by Gasteiger charge is -2.22. The molecule has 160 valence electrons. The number of nitrogens with one attached hydrogen (secondary N) is 2. The first-order valence-corrected chi connectivity index (χ1v) is 9.78. The summed E-state index contributed by atoms with van der Waals surface area (Å²) in [6, 6.07) is 9.22. The van der Waals surface area contributed by atoms with Gasteiger partial charge in [0.2, 0.25) is 0 Å². The number of methoxy groups -OCH3 is 2. The highest BCUT2D eigenvalue weighted by Crippen LogP contribution is 2.36. The highest BCUT2D eigenvalue weighted by atomic mass is 16.5. The third-order valence-corrected chi connectivity index (χ3v) is 4.47.